The fraction of sp³-hybridized carbons (Fsp3) is 0.364. The van der Waals surface area contributed by atoms with E-state index < -0.39 is 0 Å². The van der Waals surface area contributed by atoms with Crippen LogP contribution >= 0.6 is 11.8 Å². The standard InChI is InChI=1S/C22H26N2O2S/c1-15-3-7-17(8-4-15)22(18-9-10-18)24-21(26)14-27-13-20(25)23-19-11-5-16(2)6-12-19/h3-8,11-12,18,22H,9-10,13-14H2,1-2H3,(H,23,25)(H,24,26). The molecule has 142 valence electrons. The second-order valence-electron chi connectivity index (χ2n) is 7.20. The van der Waals surface area contributed by atoms with Crippen molar-refractivity contribution in [3.8, 4) is 0 Å². The van der Waals surface area contributed by atoms with Crippen molar-refractivity contribution in [3.05, 3.63) is 65.2 Å². The number of nitrogens with one attached hydrogen (secondary N) is 2. The molecule has 2 aromatic rings. The molecule has 1 saturated carbocycles. The summed E-state index contributed by atoms with van der Waals surface area (Å²) in [4.78, 5) is 24.3. The Kier molecular flexibility index (Phi) is 6.56. The van der Waals surface area contributed by atoms with Crippen molar-refractivity contribution in [3.63, 3.8) is 0 Å². The first-order valence-corrected chi connectivity index (χ1v) is 10.5. The lowest BCUT2D eigenvalue weighted by Gasteiger charge is -2.19. The van der Waals surface area contributed by atoms with E-state index in [0.717, 1.165) is 24.1 Å². The molecule has 0 aliphatic heterocycles. The number of carbonyl (C=O) groups excluding carboxylic acids is 2. The molecule has 1 aliphatic carbocycles. The van der Waals surface area contributed by atoms with E-state index in [4.69, 9.17) is 0 Å². The molecule has 1 fully saturated rings. The molecule has 0 aromatic heterocycles. The molecule has 1 aliphatic rings. The second-order valence-corrected chi connectivity index (χ2v) is 8.19. The van der Waals surface area contributed by atoms with Gasteiger partial charge in [0.05, 0.1) is 17.5 Å². The maximum atomic E-state index is 12.3. The van der Waals surface area contributed by atoms with E-state index in [-0.39, 0.29) is 29.4 Å². The molecule has 0 bridgehead atoms. The van der Waals surface area contributed by atoms with Crippen LogP contribution in [0.2, 0.25) is 0 Å². The maximum absolute atomic E-state index is 12.3. The van der Waals surface area contributed by atoms with Crippen LogP contribution in [0.15, 0.2) is 48.5 Å². The van der Waals surface area contributed by atoms with E-state index in [0.29, 0.717) is 5.92 Å². The number of benzene rings is 2. The normalized spacial score (nSPS) is 14.4. The van der Waals surface area contributed by atoms with Crippen LogP contribution in [-0.2, 0) is 9.59 Å². The van der Waals surface area contributed by atoms with Crippen molar-refractivity contribution in [2.24, 2.45) is 5.92 Å². The summed E-state index contributed by atoms with van der Waals surface area (Å²) >= 11 is 1.34. The van der Waals surface area contributed by atoms with Crippen LogP contribution in [-0.4, -0.2) is 23.3 Å². The van der Waals surface area contributed by atoms with Crippen molar-refractivity contribution in [1.82, 2.24) is 5.32 Å². The number of aryl methyl sites for hydroxylation is 2. The summed E-state index contributed by atoms with van der Waals surface area (Å²) in [5.74, 6) is 0.983. The number of thioether (sulfide) groups is 1. The molecule has 5 heteroatoms. The Balaban J connectivity index is 1.43. The molecule has 0 spiro atoms. The minimum absolute atomic E-state index is 0.0133. The molecule has 4 nitrogen and oxygen atoms in total. The first kappa shape index (κ1) is 19.5. The summed E-state index contributed by atoms with van der Waals surface area (Å²) in [6.07, 6.45) is 2.32. The zero-order chi connectivity index (χ0) is 19.2. The Bertz CT molecular complexity index is 783. The zero-order valence-electron chi connectivity index (χ0n) is 15.8. The Labute approximate surface area is 165 Å². The fourth-order valence-electron chi connectivity index (χ4n) is 2.96. The minimum Gasteiger partial charge on any atom is -0.348 e. The maximum Gasteiger partial charge on any atom is 0.234 e. The fourth-order valence-corrected chi connectivity index (χ4v) is 3.59. The van der Waals surface area contributed by atoms with Gasteiger partial charge in [0.15, 0.2) is 0 Å². The van der Waals surface area contributed by atoms with Gasteiger partial charge in [-0.05, 0) is 50.3 Å². The van der Waals surface area contributed by atoms with Crippen molar-refractivity contribution in [1.29, 1.82) is 0 Å². The zero-order valence-corrected chi connectivity index (χ0v) is 16.6. The molecule has 0 heterocycles. The summed E-state index contributed by atoms with van der Waals surface area (Å²) in [7, 11) is 0. The first-order chi connectivity index (χ1) is 13.0. The van der Waals surface area contributed by atoms with E-state index in [9.17, 15) is 9.59 Å². The van der Waals surface area contributed by atoms with Crippen LogP contribution in [0.3, 0.4) is 0 Å². The third-order valence-electron chi connectivity index (χ3n) is 4.65. The van der Waals surface area contributed by atoms with Crippen molar-refractivity contribution < 1.29 is 9.59 Å². The first-order valence-electron chi connectivity index (χ1n) is 9.31. The lowest BCUT2D eigenvalue weighted by atomic mass is 10.0. The molecule has 1 unspecified atom stereocenters. The third kappa shape index (κ3) is 6.14. The SMILES string of the molecule is Cc1ccc(NC(=O)CSCC(=O)NC(c2ccc(C)cc2)C2CC2)cc1. The van der Waals surface area contributed by atoms with Crippen LogP contribution < -0.4 is 10.6 Å². The summed E-state index contributed by atoms with van der Waals surface area (Å²) in [5.41, 5.74) is 4.31. The second kappa shape index (κ2) is 9.09. The number of amides is 2. The van der Waals surface area contributed by atoms with E-state index in [1.165, 1.54) is 22.9 Å². The highest BCUT2D eigenvalue weighted by atomic mass is 32.2. The lowest BCUT2D eigenvalue weighted by molar-refractivity contribution is -0.119. The molecular formula is C22H26N2O2S. The third-order valence-corrected chi connectivity index (χ3v) is 5.58. The van der Waals surface area contributed by atoms with Crippen LogP contribution in [0, 0.1) is 19.8 Å². The van der Waals surface area contributed by atoms with E-state index in [2.05, 4.69) is 41.8 Å². The number of hydrogen-bond acceptors (Lipinski definition) is 3. The van der Waals surface area contributed by atoms with Crippen molar-refractivity contribution in [2.75, 3.05) is 16.8 Å². The molecule has 3 rings (SSSR count). The van der Waals surface area contributed by atoms with Gasteiger partial charge in [-0.3, -0.25) is 9.59 Å². The Morgan fingerprint density at radius 3 is 2.07 bits per heavy atom. The van der Waals surface area contributed by atoms with Gasteiger partial charge in [0.25, 0.3) is 0 Å². The van der Waals surface area contributed by atoms with Gasteiger partial charge in [-0.2, -0.15) is 0 Å². The summed E-state index contributed by atoms with van der Waals surface area (Å²) < 4.78 is 0. The lowest BCUT2D eigenvalue weighted by Crippen LogP contribution is -2.31. The average Bonchev–Trinajstić information content (AvgIpc) is 3.47. The van der Waals surface area contributed by atoms with Crippen molar-refractivity contribution in [2.45, 2.75) is 32.7 Å². The summed E-state index contributed by atoms with van der Waals surface area (Å²) in [6.45, 7) is 4.07. The molecule has 1 atom stereocenters. The molecule has 2 N–H and O–H groups in total. The van der Waals surface area contributed by atoms with Crippen LogP contribution in [0.4, 0.5) is 5.69 Å². The van der Waals surface area contributed by atoms with Crippen LogP contribution in [0.25, 0.3) is 0 Å². The molecule has 2 aromatic carbocycles. The molecule has 0 saturated heterocycles. The predicted molar refractivity (Wildman–Crippen MR) is 112 cm³/mol. The largest absolute Gasteiger partial charge is 0.348 e. The summed E-state index contributed by atoms with van der Waals surface area (Å²) in [5, 5.41) is 6.00. The Morgan fingerprint density at radius 1 is 0.926 bits per heavy atom. The Hall–Kier alpha value is -2.27. The van der Waals surface area contributed by atoms with E-state index in [1.807, 2.05) is 31.2 Å². The highest BCUT2D eigenvalue weighted by Gasteiger charge is 2.33. The van der Waals surface area contributed by atoms with Gasteiger partial charge >= 0.3 is 0 Å². The quantitative estimate of drug-likeness (QED) is 0.718. The predicted octanol–water partition coefficient (Wildman–Crippen LogP) is 4.24. The highest BCUT2D eigenvalue weighted by Crippen LogP contribution is 2.41. The smallest absolute Gasteiger partial charge is 0.234 e. The topological polar surface area (TPSA) is 58.2 Å². The van der Waals surface area contributed by atoms with Gasteiger partial charge in [0.2, 0.25) is 11.8 Å². The van der Waals surface area contributed by atoms with Gasteiger partial charge < -0.3 is 10.6 Å². The highest BCUT2D eigenvalue weighted by molar-refractivity contribution is 8.00. The molecule has 0 radical (unpaired) electrons. The average molecular weight is 383 g/mol. The number of hydrogen-bond donors (Lipinski definition) is 2. The van der Waals surface area contributed by atoms with Gasteiger partial charge in [-0.1, -0.05) is 47.5 Å². The number of carbonyl (C=O) groups is 2. The number of rotatable bonds is 8. The monoisotopic (exact) mass is 382 g/mol. The van der Waals surface area contributed by atoms with Crippen LogP contribution in [0.5, 0.6) is 0 Å². The minimum atomic E-state index is -0.0890. The number of anilines is 1. The van der Waals surface area contributed by atoms with E-state index in [1.54, 1.807) is 0 Å². The molecule has 27 heavy (non-hydrogen) atoms. The van der Waals surface area contributed by atoms with Crippen molar-refractivity contribution >= 4 is 29.3 Å². The van der Waals surface area contributed by atoms with E-state index >= 15 is 0 Å². The molecular weight excluding hydrogens is 356 g/mol. The van der Waals surface area contributed by atoms with Gasteiger partial charge in [0, 0.05) is 5.69 Å². The van der Waals surface area contributed by atoms with Gasteiger partial charge in [0.1, 0.15) is 0 Å². The summed E-state index contributed by atoms with van der Waals surface area (Å²) in [6, 6.07) is 16.1. The van der Waals surface area contributed by atoms with Crippen LogP contribution in [0.1, 0.15) is 35.6 Å². The van der Waals surface area contributed by atoms with Gasteiger partial charge in [-0.25, -0.2) is 0 Å². The van der Waals surface area contributed by atoms with Gasteiger partial charge in [-0.15, -0.1) is 11.8 Å². The Morgan fingerprint density at radius 2 is 1.48 bits per heavy atom. The molecule has 2 amide bonds.